The predicted molar refractivity (Wildman–Crippen MR) is 52.3 cm³/mol. The first kappa shape index (κ1) is 14.6. The number of carbonyl (C=O) groups is 1. The third-order valence-electron chi connectivity index (χ3n) is 2.06. The Morgan fingerprint density at radius 3 is 2.44 bits per heavy atom. The molecule has 18 heavy (non-hydrogen) atoms. The van der Waals surface area contributed by atoms with Crippen LogP contribution in [0.3, 0.4) is 0 Å². The summed E-state index contributed by atoms with van der Waals surface area (Å²) in [5, 5.41) is 0. The van der Waals surface area contributed by atoms with Gasteiger partial charge in [-0.05, 0) is 18.6 Å². The second-order valence-electron chi connectivity index (χ2n) is 3.58. The SMILES string of the molecule is Cc1ccc(F)c(C(=O)COCC(F)(F)F)c1F. The summed E-state index contributed by atoms with van der Waals surface area (Å²) in [7, 11) is 0. The van der Waals surface area contributed by atoms with Gasteiger partial charge in [-0.3, -0.25) is 4.79 Å². The van der Waals surface area contributed by atoms with Gasteiger partial charge in [-0.25, -0.2) is 8.78 Å². The first-order valence-electron chi connectivity index (χ1n) is 4.84. The molecule has 0 saturated carbocycles. The number of aryl methyl sites for hydroxylation is 1. The van der Waals surface area contributed by atoms with Gasteiger partial charge in [0.1, 0.15) is 24.8 Å². The molecule has 2 nitrogen and oxygen atoms in total. The minimum absolute atomic E-state index is 0.0237. The zero-order chi connectivity index (χ0) is 13.9. The molecule has 0 radical (unpaired) electrons. The molecule has 0 aromatic heterocycles. The Hall–Kier alpha value is -1.50. The number of ketones is 1. The average molecular weight is 268 g/mol. The molecule has 0 N–H and O–H groups in total. The number of hydrogen-bond acceptors (Lipinski definition) is 2. The zero-order valence-corrected chi connectivity index (χ0v) is 9.28. The lowest BCUT2D eigenvalue weighted by Crippen LogP contribution is -2.21. The van der Waals surface area contributed by atoms with Crippen molar-refractivity contribution in [3.05, 3.63) is 34.9 Å². The fourth-order valence-corrected chi connectivity index (χ4v) is 1.24. The number of ether oxygens (including phenoxy) is 1. The van der Waals surface area contributed by atoms with E-state index in [0.29, 0.717) is 0 Å². The molecule has 0 heterocycles. The number of rotatable bonds is 4. The van der Waals surface area contributed by atoms with Crippen molar-refractivity contribution in [3.8, 4) is 0 Å². The maximum absolute atomic E-state index is 13.4. The summed E-state index contributed by atoms with van der Waals surface area (Å²) in [5.41, 5.74) is -0.854. The van der Waals surface area contributed by atoms with Crippen LogP contribution < -0.4 is 0 Å². The van der Waals surface area contributed by atoms with Crippen molar-refractivity contribution in [3.63, 3.8) is 0 Å². The standard InChI is InChI=1S/C11H9F5O2/c1-6-2-3-7(12)9(10(6)13)8(17)4-18-5-11(14,15)16/h2-3H,4-5H2,1H3. The number of hydrogen-bond donors (Lipinski definition) is 0. The first-order valence-corrected chi connectivity index (χ1v) is 4.84. The van der Waals surface area contributed by atoms with Crippen molar-refractivity contribution in [2.75, 3.05) is 13.2 Å². The van der Waals surface area contributed by atoms with E-state index in [9.17, 15) is 26.7 Å². The number of Topliss-reactive ketones (excluding diaryl/α,β-unsaturated/α-hetero) is 1. The highest BCUT2D eigenvalue weighted by Gasteiger charge is 2.28. The van der Waals surface area contributed by atoms with E-state index in [1.807, 2.05) is 0 Å². The van der Waals surface area contributed by atoms with Gasteiger partial charge in [-0.15, -0.1) is 0 Å². The normalized spacial score (nSPS) is 11.7. The zero-order valence-electron chi connectivity index (χ0n) is 9.28. The van der Waals surface area contributed by atoms with E-state index in [1.54, 1.807) is 0 Å². The van der Waals surface area contributed by atoms with Crippen molar-refractivity contribution < 1.29 is 31.5 Å². The smallest absolute Gasteiger partial charge is 0.364 e. The Labute approximate surface area is 99.4 Å². The van der Waals surface area contributed by atoms with Crippen LogP contribution in [0.25, 0.3) is 0 Å². The second-order valence-corrected chi connectivity index (χ2v) is 3.58. The van der Waals surface area contributed by atoms with Crippen LogP contribution >= 0.6 is 0 Å². The quantitative estimate of drug-likeness (QED) is 0.619. The second kappa shape index (κ2) is 5.43. The monoisotopic (exact) mass is 268 g/mol. The Kier molecular flexibility index (Phi) is 4.39. The van der Waals surface area contributed by atoms with Crippen LogP contribution in [0.5, 0.6) is 0 Å². The topological polar surface area (TPSA) is 26.3 Å². The molecule has 0 aliphatic heterocycles. The van der Waals surface area contributed by atoms with Crippen molar-refractivity contribution in [2.45, 2.75) is 13.1 Å². The van der Waals surface area contributed by atoms with Gasteiger partial charge in [0.05, 0.1) is 5.56 Å². The number of alkyl halides is 3. The lowest BCUT2D eigenvalue weighted by Gasteiger charge is -2.08. The van der Waals surface area contributed by atoms with Crippen molar-refractivity contribution in [1.82, 2.24) is 0 Å². The highest BCUT2D eigenvalue weighted by atomic mass is 19.4. The van der Waals surface area contributed by atoms with Gasteiger partial charge in [0.2, 0.25) is 0 Å². The van der Waals surface area contributed by atoms with E-state index < -0.39 is 42.4 Å². The molecule has 0 aliphatic rings. The number of carbonyl (C=O) groups excluding carboxylic acids is 1. The summed E-state index contributed by atoms with van der Waals surface area (Å²) in [5.74, 6) is -3.38. The van der Waals surface area contributed by atoms with Crippen LogP contribution in [-0.2, 0) is 4.74 Å². The molecule has 0 bridgehead atoms. The average Bonchev–Trinajstić information content (AvgIpc) is 2.22. The maximum Gasteiger partial charge on any atom is 0.411 e. The Morgan fingerprint density at radius 2 is 1.89 bits per heavy atom. The minimum Gasteiger partial charge on any atom is -0.364 e. The molecule has 0 unspecified atom stereocenters. The van der Waals surface area contributed by atoms with Gasteiger partial charge in [0, 0.05) is 0 Å². The fraction of sp³-hybridized carbons (Fsp3) is 0.364. The highest BCUT2D eigenvalue weighted by Crippen LogP contribution is 2.18. The van der Waals surface area contributed by atoms with Gasteiger partial charge < -0.3 is 4.74 Å². The highest BCUT2D eigenvalue weighted by molar-refractivity contribution is 5.97. The summed E-state index contributed by atoms with van der Waals surface area (Å²) in [4.78, 5) is 11.4. The molecule has 0 amide bonds. The predicted octanol–water partition coefficient (Wildman–Crippen LogP) is 3.03. The van der Waals surface area contributed by atoms with Gasteiger partial charge in [0.15, 0.2) is 5.78 Å². The van der Waals surface area contributed by atoms with E-state index in [-0.39, 0.29) is 5.56 Å². The third kappa shape index (κ3) is 3.76. The molecule has 100 valence electrons. The summed E-state index contributed by atoms with van der Waals surface area (Å²) in [6.07, 6.45) is -4.59. The first-order chi connectivity index (χ1) is 8.22. The van der Waals surface area contributed by atoms with Crippen LogP contribution in [0.15, 0.2) is 12.1 Å². The summed E-state index contributed by atoms with van der Waals surface area (Å²) in [6.45, 7) is -1.37. The molecule has 0 atom stereocenters. The fourth-order valence-electron chi connectivity index (χ4n) is 1.24. The Balaban J connectivity index is 2.76. The molecule has 0 fully saturated rings. The Morgan fingerprint density at radius 1 is 1.28 bits per heavy atom. The van der Waals surface area contributed by atoms with Gasteiger partial charge in [0.25, 0.3) is 0 Å². The maximum atomic E-state index is 13.4. The van der Waals surface area contributed by atoms with Gasteiger partial charge in [-0.2, -0.15) is 13.2 Å². The molecular weight excluding hydrogens is 259 g/mol. The molecular formula is C11H9F5O2. The lowest BCUT2D eigenvalue weighted by atomic mass is 10.1. The van der Waals surface area contributed by atoms with Crippen LogP contribution in [0.2, 0.25) is 0 Å². The Bertz CT molecular complexity index is 453. The van der Waals surface area contributed by atoms with Crippen LogP contribution in [0, 0.1) is 18.6 Å². The van der Waals surface area contributed by atoms with E-state index in [4.69, 9.17) is 0 Å². The molecule has 1 aromatic carbocycles. The number of benzene rings is 1. The molecule has 7 heteroatoms. The van der Waals surface area contributed by atoms with Gasteiger partial charge in [-0.1, -0.05) is 6.07 Å². The third-order valence-corrected chi connectivity index (χ3v) is 2.06. The van der Waals surface area contributed by atoms with Gasteiger partial charge >= 0.3 is 6.18 Å². The van der Waals surface area contributed by atoms with Crippen LogP contribution in [0.1, 0.15) is 15.9 Å². The molecule has 1 rings (SSSR count). The van der Waals surface area contributed by atoms with E-state index in [1.165, 1.54) is 6.92 Å². The molecule has 0 aliphatic carbocycles. The molecule has 1 aromatic rings. The van der Waals surface area contributed by atoms with E-state index >= 15 is 0 Å². The largest absolute Gasteiger partial charge is 0.411 e. The van der Waals surface area contributed by atoms with Crippen molar-refractivity contribution in [1.29, 1.82) is 0 Å². The summed E-state index contributed by atoms with van der Waals surface area (Å²) >= 11 is 0. The van der Waals surface area contributed by atoms with Crippen molar-refractivity contribution >= 4 is 5.78 Å². The van der Waals surface area contributed by atoms with Crippen LogP contribution in [0.4, 0.5) is 22.0 Å². The number of halogens is 5. The lowest BCUT2D eigenvalue weighted by molar-refractivity contribution is -0.170. The van der Waals surface area contributed by atoms with Crippen molar-refractivity contribution in [2.24, 2.45) is 0 Å². The van der Waals surface area contributed by atoms with E-state index in [2.05, 4.69) is 4.74 Å². The van der Waals surface area contributed by atoms with Crippen LogP contribution in [-0.4, -0.2) is 25.2 Å². The summed E-state index contributed by atoms with van der Waals surface area (Å²) < 4.78 is 65.9. The molecule has 0 spiro atoms. The molecule has 0 saturated heterocycles. The van der Waals surface area contributed by atoms with E-state index in [0.717, 1.165) is 12.1 Å². The summed E-state index contributed by atoms with van der Waals surface area (Å²) in [6, 6.07) is 1.99. The minimum atomic E-state index is -4.59.